The van der Waals surface area contributed by atoms with Gasteiger partial charge in [0.15, 0.2) is 6.49 Å². The molecule has 4 nitrogen and oxygen atoms in total. The first-order chi connectivity index (χ1) is 8.03. The summed E-state index contributed by atoms with van der Waals surface area (Å²) in [4.78, 5) is 2.35. The van der Waals surface area contributed by atoms with Crippen LogP contribution in [0.4, 0.5) is 0 Å². The molecule has 0 saturated carbocycles. The fourth-order valence-corrected chi connectivity index (χ4v) is 3.75. The molecule has 0 amide bonds. The van der Waals surface area contributed by atoms with Crippen LogP contribution in [0.2, 0.25) is 0 Å². The van der Waals surface area contributed by atoms with Crippen LogP contribution in [0.3, 0.4) is 0 Å². The summed E-state index contributed by atoms with van der Waals surface area (Å²) in [6.07, 6.45) is 1.11. The topological polar surface area (TPSA) is 30.9 Å². The molecule has 1 rings (SSSR count). The Labute approximate surface area is 110 Å². The first-order valence-electron chi connectivity index (χ1n) is 6.24. The summed E-state index contributed by atoms with van der Waals surface area (Å²) < 4.78 is 16.8. The van der Waals surface area contributed by atoms with Gasteiger partial charge >= 0.3 is 0 Å². The molecule has 0 radical (unpaired) electrons. The van der Waals surface area contributed by atoms with Gasteiger partial charge in [-0.2, -0.15) is 0 Å². The predicted molar refractivity (Wildman–Crippen MR) is 74.3 cm³/mol. The Hall–Kier alpha value is 0.490. The number of morpholine rings is 1. The standard InChI is InChI=1S/C11H24NO3PS/c1-4-7-14-16(3,17)15-11(2)10-12-5-8-13-9-6-12/h11H,4-10H2,1-3H3. The van der Waals surface area contributed by atoms with Gasteiger partial charge in [0.25, 0.3) is 0 Å². The fraction of sp³-hybridized carbons (Fsp3) is 1.00. The van der Waals surface area contributed by atoms with Crippen LogP contribution in [0.25, 0.3) is 0 Å². The van der Waals surface area contributed by atoms with Crippen molar-refractivity contribution in [2.45, 2.75) is 26.4 Å². The minimum absolute atomic E-state index is 0.126. The van der Waals surface area contributed by atoms with Crippen molar-refractivity contribution in [1.29, 1.82) is 0 Å². The van der Waals surface area contributed by atoms with Crippen LogP contribution in [0.15, 0.2) is 0 Å². The number of ether oxygens (including phenoxy) is 1. The largest absolute Gasteiger partial charge is 0.379 e. The van der Waals surface area contributed by atoms with Crippen LogP contribution in [-0.4, -0.2) is 57.1 Å². The van der Waals surface area contributed by atoms with Crippen molar-refractivity contribution in [3.63, 3.8) is 0 Å². The van der Waals surface area contributed by atoms with E-state index in [0.717, 1.165) is 39.3 Å². The maximum Gasteiger partial charge on any atom is 0.185 e. The molecule has 0 aromatic heterocycles. The normalized spacial score (nSPS) is 23.2. The smallest absolute Gasteiger partial charge is 0.185 e. The molecule has 0 N–H and O–H groups in total. The van der Waals surface area contributed by atoms with Crippen LogP contribution in [0.5, 0.6) is 0 Å². The molecule has 102 valence electrons. The minimum atomic E-state index is -2.06. The van der Waals surface area contributed by atoms with Crippen LogP contribution in [0.1, 0.15) is 20.3 Å². The van der Waals surface area contributed by atoms with Crippen molar-refractivity contribution >= 4 is 18.3 Å². The van der Waals surface area contributed by atoms with Gasteiger partial charge in [-0.05, 0) is 25.2 Å². The highest BCUT2D eigenvalue weighted by molar-refractivity contribution is 8.09. The average Bonchev–Trinajstić information content (AvgIpc) is 2.27. The summed E-state index contributed by atoms with van der Waals surface area (Å²) >= 11 is 5.38. The number of nitrogens with zero attached hydrogens (tertiary/aromatic N) is 1. The second kappa shape index (κ2) is 7.82. The minimum Gasteiger partial charge on any atom is -0.379 e. The molecule has 0 bridgehead atoms. The van der Waals surface area contributed by atoms with Crippen molar-refractivity contribution in [3.8, 4) is 0 Å². The molecular weight excluding hydrogens is 257 g/mol. The first-order valence-corrected chi connectivity index (χ1v) is 9.32. The van der Waals surface area contributed by atoms with E-state index < -0.39 is 6.49 Å². The number of rotatable bonds is 7. The molecule has 1 heterocycles. The molecule has 2 atom stereocenters. The van der Waals surface area contributed by atoms with Crippen LogP contribution in [-0.2, 0) is 25.6 Å². The third-order valence-corrected chi connectivity index (χ3v) is 4.49. The van der Waals surface area contributed by atoms with Gasteiger partial charge in [-0.25, -0.2) is 0 Å². The van der Waals surface area contributed by atoms with E-state index in [1.807, 2.05) is 6.66 Å². The fourth-order valence-electron chi connectivity index (χ4n) is 1.80. The Kier molecular flexibility index (Phi) is 7.15. The predicted octanol–water partition coefficient (Wildman–Crippen LogP) is 2.09. The van der Waals surface area contributed by atoms with Crippen LogP contribution >= 0.6 is 6.49 Å². The highest BCUT2D eigenvalue weighted by atomic mass is 32.5. The van der Waals surface area contributed by atoms with Gasteiger partial charge in [0.2, 0.25) is 0 Å². The van der Waals surface area contributed by atoms with E-state index in [9.17, 15) is 0 Å². The van der Waals surface area contributed by atoms with E-state index in [4.69, 9.17) is 25.6 Å². The Bertz CT molecular complexity index is 259. The molecule has 0 aliphatic carbocycles. The maximum atomic E-state index is 5.86. The van der Waals surface area contributed by atoms with E-state index in [1.54, 1.807) is 0 Å². The van der Waals surface area contributed by atoms with Crippen molar-refractivity contribution in [2.75, 3.05) is 46.1 Å². The van der Waals surface area contributed by atoms with E-state index in [-0.39, 0.29) is 6.10 Å². The number of hydrogen-bond donors (Lipinski definition) is 0. The molecule has 2 unspecified atom stereocenters. The summed E-state index contributed by atoms with van der Waals surface area (Å²) in [5.41, 5.74) is 0. The average molecular weight is 281 g/mol. The van der Waals surface area contributed by atoms with Crippen LogP contribution in [0, 0.1) is 0 Å². The van der Waals surface area contributed by atoms with Crippen LogP contribution < -0.4 is 0 Å². The number of hydrogen-bond acceptors (Lipinski definition) is 5. The lowest BCUT2D eigenvalue weighted by atomic mass is 10.3. The highest BCUT2D eigenvalue weighted by Gasteiger charge is 2.19. The SMILES string of the molecule is CCCOP(C)(=S)OC(C)CN1CCOCC1. The molecule has 1 saturated heterocycles. The van der Waals surface area contributed by atoms with Gasteiger partial charge in [-0.15, -0.1) is 0 Å². The zero-order valence-electron chi connectivity index (χ0n) is 11.1. The van der Waals surface area contributed by atoms with Crippen molar-refractivity contribution in [3.05, 3.63) is 0 Å². The summed E-state index contributed by atoms with van der Waals surface area (Å²) in [6.45, 7) is 9.20. The summed E-state index contributed by atoms with van der Waals surface area (Å²) in [5.74, 6) is 0. The monoisotopic (exact) mass is 281 g/mol. The quantitative estimate of drug-likeness (QED) is 0.667. The Morgan fingerprint density at radius 2 is 2.06 bits per heavy atom. The summed E-state index contributed by atoms with van der Waals surface area (Å²) in [7, 11) is 0. The van der Waals surface area contributed by atoms with Gasteiger partial charge in [0.05, 0.1) is 25.9 Å². The lowest BCUT2D eigenvalue weighted by Gasteiger charge is -2.30. The lowest BCUT2D eigenvalue weighted by molar-refractivity contribution is 0.0214. The molecule has 0 spiro atoms. The van der Waals surface area contributed by atoms with Gasteiger partial charge in [-0.3, -0.25) is 4.90 Å². The molecule has 1 aliphatic rings. The molecular formula is C11H24NO3PS. The maximum absolute atomic E-state index is 5.86. The van der Waals surface area contributed by atoms with Crippen molar-refractivity contribution in [2.24, 2.45) is 0 Å². The second-order valence-corrected chi connectivity index (χ2v) is 8.44. The Morgan fingerprint density at radius 1 is 1.41 bits per heavy atom. The van der Waals surface area contributed by atoms with Crippen molar-refractivity contribution in [1.82, 2.24) is 4.90 Å². The first kappa shape index (κ1) is 15.5. The molecule has 0 aromatic carbocycles. The van der Waals surface area contributed by atoms with Gasteiger partial charge in [-0.1, -0.05) is 6.92 Å². The van der Waals surface area contributed by atoms with Gasteiger partial charge < -0.3 is 13.8 Å². The Balaban J connectivity index is 2.27. The highest BCUT2D eigenvalue weighted by Crippen LogP contribution is 2.45. The van der Waals surface area contributed by atoms with E-state index in [2.05, 4.69) is 18.7 Å². The van der Waals surface area contributed by atoms with E-state index >= 15 is 0 Å². The van der Waals surface area contributed by atoms with Crippen molar-refractivity contribution < 1.29 is 13.8 Å². The molecule has 17 heavy (non-hydrogen) atoms. The molecule has 1 fully saturated rings. The summed E-state index contributed by atoms with van der Waals surface area (Å²) in [5, 5.41) is 0. The zero-order chi connectivity index (χ0) is 12.7. The lowest BCUT2D eigenvalue weighted by Crippen LogP contribution is -2.40. The third-order valence-electron chi connectivity index (χ3n) is 2.52. The molecule has 0 aromatic rings. The zero-order valence-corrected chi connectivity index (χ0v) is 12.8. The van der Waals surface area contributed by atoms with Gasteiger partial charge in [0.1, 0.15) is 0 Å². The molecule has 1 aliphatic heterocycles. The molecule has 6 heteroatoms. The Morgan fingerprint density at radius 3 is 2.65 bits per heavy atom. The summed E-state index contributed by atoms with van der Waals surface area (Å²) in [6, 6.07) is 0. The van der Waals surface area contributed by atoms with E-state index in [0.29, 0.717) is 6.61 Å². The van der Waals surface area contributed by atoms with Gasteiger partial charge in [0, 0.05) is 26.3 Å². The second-order valence-electron chi connectivity index (χ2n) is 4.43. The third kappa shape index (κ3) is 6.85. The van der Waals surface area contributed by atoms with E-state index in [1.165, 1.54) is 0 Å².